The first-order valence-electron chi connectivity index (χ1n) is 10.1. The molecule has 1 fully saturated rings. The average molecular weight is 418 g/mol. The highest BCUT2D eigenvalue weighted by Crippen LogP contribution is 2.33. The number of H-pyrrole nitrogens is 1. The third-order valence-electron chi connectivity index (χ3n) is 5.69. The van der Waals surface area contributed by atoms with Crippen LogP contribution >= 0.6 is 0 Å². The zero-order valence-corrected chi connectivity index (χ0v) is 16.6. The van der Waals surface area contributed by atoms with Crippen LogP contribution in [0.2, 0.25) is 0 Å². The fraction of sp³-hybridized carbons (Fsp3) is 0.167. The van der Waals surface area contributed by atoms with Crippen molar-refractivity contribution in [3.8, 4) is 5.88 Å². The van der Waals surface area contributed by atoms with E-state index in [1.165, 1.54) is 24.4 Å². The molecule has 1 saturated heterocycles. The highest BCUT2D eigenvalue weighted by molar-refractivity contribution is 6.02. The SMILES string of the molecule is Oc1[nH]c2ccc(F)cc2c1C=Nc1ccc(N2CCC(c3ccccn3)C2)c(F)c1. The molecule has 2 aromatic heterocycles. The topological polar surface area (TPSA) is 64.5 Å². The molecule has 5 nitrogen and oxygen atoms in total. The molecule has 2 aromatic carbocycles. The lowest BCUT2D eigenvalue weighted by Crippen LogP contribution is -2.20. The maximum absolute atomic E-state index is 14.8. The van der Waals surface area contributed by atoms with Crippen LogP contribution in [0.25, 0.3) is 10.9 Å². The lowest BCUT2D eigenvalue weighted by atomic mass is 10.0. The van der Waals surface area contributed by atoms with Crippen LogP contribution in [0.3, 0.4) is 0 Å². The van der Waals surface area contributed by atoms with E-state index in [0.29, 0.717) is 34.4 Å². The molecule has 31 heavy (non-hydrogen) atoms. The summed E-state index contributed by atoms with van der Waals surface area (Å²) in [7, 11) is 0. The van der Waals surface area contributed by atoms with Crippen molar-refractivity contribution in [3.05, 3.63) is 83.7 Å². The monoisotopic (exact) mass is 418 g/mol. The number of aliphatic imine (C=N–C) groups is 1. The molecule has 1 aliphatic heterocycles. The zero-order valence-electron chi connectivity index (χ0n) is 16.6. The van der Waals surface area contributed by atoms with E-state index < -0.39 is 5.82 Å². The second-order valence-electron chi connectivity index (χ2n) is 7.66. The van der Waals surface area contributed by atoms with Crippen molar-refractivity contribution in [1.82, 2.24) is 9.97 Å². The number of aromatic nitrogens is 2. The molecule has 5 rings (SSSR count). The van der Waals surface area contributed by atoms with Gasteiger partial charge < -0.3 is 15.0 Å². The van der Waals surface area contributed by atoms with Gasteiger partial charge in [-0.3, -0.25) is 9.98 Å². The van der Waals surface area contributed by atoms with Crippen LogP contribution in [-0.2, 0) is 0 Å². The van der Waals surface area contributed by atoms with E-state index >= 15 is 0 Å². The molecule has 0 aliphatic carbocycles. The van der Waals surface area contributed by atoms with Gasteiger partial charge in [-0.15, -0.1) is 0 Å². The number of pyridine rings is 1. The van der Waals surface area contributed by atoms with Gasteiger partial charge in [0, 0.05) is 54.1 Å². The van der Waals surface area contributed by atoms with Crippen LogP contribution < -0.4 is 4.90 Å². The van der Waals surface area contributed by atoms with Gasteiger partial charge in [-0.1, -0.05) is 6.07 Å². The summed E-state index contributed by atoms with van der Waals surface area (Å²) in [5, 5.41) is 10.6. The molecule has 2 N–H and O–H groups in total. The molecule has 1 atom stereocenters. The van der Waals surface area contributed by atoms with Crippen LogP contribution in [0.15, 0.2) is 65.8 Å². The van der Waals surface area contributed by atoms with Gasteiger partial charge in [0.25, 0.3) is 0 Å². The number of aromatic hydroxyl groups is 1. The average Bonchev–Trinajstić information content (AvgIpc) is 3.37. The number of rotatable bonds is 4. The van der Waals surface area contributed by atoms with Crippen LogP contribution in [-0.4, -0.2) is 34.4 Å². The van der Waals surface area contributed by atoms with Crippen molar-refractivity contribution in [2.24, 2.45) is 4.99 Å². The Morgan fingerprint density at radius 1 is 1.13 bits per heavy atom. The Balaban J connectivity index is 1.36. The van der Waals surface area contributed by atoms with Crippen molar-refractivity contribution in [1.29, 1.82) is 0 Å². The molecule has 3 heterocycles. The van der Waals surface area contributed by atoms with Gasteiger partial charge in [0.05, 0.1) is 16.9 Å². The van der Waals surface area contributed by atoms with E-state index in [1.807, 2.05) is 23.1 Å². The predicted molar refractivity (Wildman–Crippen MR) is 117 cm³/mol. The summed E-state index contributed by atoms with van der Waals surface area (Å²) in [6.45, 7) is 1.47. The fourth-order valence-electron chi connectivity index (χ4n) is 4.11. The van der Waals surface area contributed by atoms with E-state index in [0.717, 1.165) is 18.7 Å². The van der Waals surface area contributed by atoms with Gasteiger partial charge in [-0.05, 0) is 48.9 Å². The molecule has 0 radical (unpaired) electrons. The molecule has 1 unspecified atom stereocenters. The van der Waals surface area contributed by atoms with Crippen molar-refractivity contribution in [2.45, 2.75) is 12.3 Å². The van der Waals surface area contributed by atoms with Crippen LogP contribution in [0.1, 0.15) is 23.6 Å². The summed E-state index contributed by atoms with van der Waals surface area (Å²) in [5.41, 5.74) is 2.93. The second-order valence-corrected chi connectivity index (χ2v) is 7.66. The van der Waals surface area contributed by atoms with Crippen LogP contribution in [0.5, 0.6) is 5.88 Å². The number of anilines is 1. The number of benzene rings is 2. The third-order valence-corrected chi connectivity index (χ3v) is 5.69. The number of aromatic amines is 1. The Hall–Kier alpha value is -3.74. The van der Waals surface area contributed by atoms with E-state index in [4.69, 9.17) is 0 Å². The standard InChI is InChI=1S/C24H20F2N4O/c25-16-4-6-22-18(11-16)19(24(31)29-22)13-28-17-5-7-23(20(26)12-17)30-10-8-15(14-30)21-3-1-2-9-27-21/h1-7,9,11-13,15,29,31H,8,10,14H2. The van der Waals surface area contributed by atoms with Gasteiger partial charge in [0.2, 0.25) is 0 Å². The summed E-state index contributed by atoms with van der Waals surface area (Å²) in [6.07, 6.45) is 4.12. The summed E-state index contributed by atoms with van der Waals surface area (Å²) < 4.78 is 28.4. The summed E-state index contributed by atoms with van der Waals surface area (Å²) in [5.74, 6) is -0.598. The minimum atomic E-state index is -0.411. The number of hydrogen-bond donors (Lipinski definition) is 2. The Labute approximate surface area is 177 Å². The van der Waals surface area contributed by atoms with E-state index in [9.17, 15) is 13.9 Å². The largest absolute Gasteiger partial charge is 0.494 e. The molecule has 1 aliphatic rings. The van der Waals surface area contributed by atoms with E-state index in [-0.39, 0.29) is 17.6 Å². The van der Waals surface area contributed by atoms with Crippen molar-refractivity contribution in [2.75, 3.05) is 18.0 Å². The number of halogens is 2. The first kappa shape index (κ1) is 19.2. The molecule has 0 amide bonds. The van der Waals surface area contributed by atoms with Gasteiger partial charge in [-0.25, -0.2) is 8.78 Å². The Bertz CT molecular complexity index is 1270. The molecule has 4 aromatic rings. The van der Waals surface area contributed by atoms with Crippen molar-refractivity contribution >= 4 is 28.5 Å². The van der Waals surface area contributed by atoms with E-state index in [1.54, 1.807) is 24.4 Å². The Morgan fingerprint density at radius 2 is 2.03 bits per heavy atom. The smallest absolute Gasteiger partial charge is 0.198 e. The summed E-state index contributed by atoms with van der Waals surface area (Å²) >= 11 is 0. The molecule has 0 bridgehead atoms. The summed E-state index contributed by atoms with van der Waals surface area (Å²) in [6, 6.07) is 14.9. The Kier molecular flexibility index (Phi) is 4.86. The highest BCUT2D eigenvalue weighted by Gasteiger charge is 2.26. The van der Waals surface area contributed by atoms with Gasteiger partial charge in [0.15, 0.2) is 5.88 Å². The molecule has 0 saturated carbocycles. The van der Waals surface area contributed by atoms with E-state index in [2.05, 4.69) is 15.0 Å². The fourth-order valence-corrected chi connectivity index (χ4v) is 4.11. The predicted octanol–water partition coefficient (Wildman–Crippen LogP) is 5.29. The minimum Gasteiger partial charge on any atom is -0.494 e. The van der Waals surface area contributed by atoms with Crippen molar-refractivity contribution in [3.63, 3.8) is 0 Å². The number of fused-ring (bicyclic) bond motifs is 1. The minimum absolute atomic E-state index is 0.112. The number of hydrogen-bond acceptors (Lipinski definition) is 4. The highest BCUT2D eigenvalue weighted by atomic mass is 19.1. The van der Waals surface area contributed by atoms with Gasteiger partial charge >= 0.3 is 0 Å². The van der Waals surface area contributed by atoms with Gasteiger partial charge in [0.1, 0.15) is 11.6 Å². The molecule has 156 valence electrons. The quantitative estimate of drug-likeness (QED) is 0.443. The van der Waals surface area contributed by atoms with Crippen molar-refractivity contribution < 1.29 is 13.9 Å². The lowest BCUT2D eigenvalue weighted by Gasteiger charge is -2.19. The second kappa shape index (κ2) is 7.83. The Morgan fingerprint density at radius 3 is 2.84 bits per heavy atom. The first-order valence-corrected chi connectivity index (χ1v) is 10.1. The molecule has 0 spiro atoms. The molecular weight excluding hydrogens is 398 g/mol. The normalized spacial score (nSPS) is 16.6. The lowest BCUT2D eigenvalue weighted by molar-refractivity contribution is 0.457. The first-order chi connectivity index (χ1) is 15.1. The number of nitrogens with zero attached hydrogens (tertiary/aromatic N) is 3. The summed E-state index contributed by atoms with van der Waals surface area (Å²) in [4.78, 5) is 13.5. The number of nitrogens with one attached hydrogen (secondary N) is 1. The van der Waals surface area contributed by atoms with Gasteiger partial charge in [-0.2, -0.15) is 0 Å². The van der Waals surface area contributed by atoms with Crippen LogP contribution in [0.4, 0.5) is 20.2 Å². The third kappa shape index (κ3) is 3.74. The van der Waals surface area contributed by atoms with Crippen LogP contribution in [0, 0.1) is 11.6 Å². The molecule has 7 heteroatoms. The maximum Gasteiger partial charge on any atom is 0.198 e. The molecular formula is C24H20F2N4O. The maximum atomic E-state index is 14.8. The zero-order chi connectivity index (χ0) is 21.4.